The van der Waals surface area contributed by atoms with Gasteiger partial charge >= 0.3 is 0 Å². The maximum absolute atomic E-state index is 11.8. The molecule has 0 atom stereocenters. The zero-order chi connectivity index (χ0) is 18.2. The van der Waals surface area contributed by atoms with Crippen LogP contribution in [0.3, 0.4) is 0 Å². The van der Waals surface area contributed by atoms with E-state index in [0.717, 1.165) is 0 Å². The van der Waals surface area contributed by atoms with Gasteiger partial charge in [0.15, 0.2) is 6.61 Å². The van der Waals surface area contributed by atoms with E-state index in [-0.39, 0.29) is 18.7 Å². The Balaban J connectivity index is 1.77. The zero-order valence-electron chi connectivity index (χ0n) is 13.1. The van der Waals surface area contributed by atoms with Crippen LogP contribution in [-0.2, 0) is 16.1 Å². The summed E-state index contributed by atoms with van der Waals surface area (Å²) in [6.45, 7) is 0.122. The van der Waals surface area contributed by atoms with Gasteiger partial charge in [-0.3, -0.25) is 19.6 Å². The molecule has 132 valence electrons. The molecule has 0 bridgehead atoms. The molecule has 25 heavy (non-hydrogen) atoms. The number of carboxylic acid groups (broad SMARTS) is 1. The summed E-state index contributed by atoms with van der Waals surface area (Å²) in [4.78, 5) is 32.2. The van der Waals surface area contributed by atoms with Crippen molar-refractivity contribution in [2.45, 2.75) is 19.4 Å². The fraction of sp³-hybridized carbons (Fsp3) is 0.267. The second kappa shape index (κ2) is 8.43. The van der Waals surface area contributed by atoms with E-state index < -0.39 is 16.8 Å². The maximum atomic E-state index is 11.8. The monoisotopic (exact) mass is 347 g/mol. The summed E-state index contributed by atoms with van der Waals surface area (Å²) in [6, 6.07) is 5.37. The molecule has 0 unspecified atom stereocenters. The number of amides is 1. The number of anilines is 1. The molecule has 0 aliphatic carbocycles. The van der Waals surface area contributed by atoms with Crippen LogP contribution in [0.15, 0.2) is 36.7 Å². The van der Waals surface area contributed by atoms with E-state index >= 15 is 0 Å². The number of hydrogen-bond donors (Lipinski definition) is 1. The van der Waals surface area contributed by atoms with Crippen molar-refractivity contribution in [3.63, 3.8) is 0 Å². The molecule has 0 radical (unpaired) electrons. The molecule has 1 aromatic heterocycles. The van der Waals surface area contributed by atoms with Crippen molar-refractivity contribution in [1.82, 2.24) is 9.78 Å². The SMILES string of the molecule is O=C([O-])CCCn1cc(NC(=O)COc2ccc([N+](=O)[O-])cc2)cn1. The van der Waals surface area contributed by atoms with E-state index in [1.165, 1.54) is 35.1 Å². The Morgan fingerprint density at radius 2 is 2.00 bits per heavy atom. The first-order chi connectivity index (χ1) is 11.9. The highest BCUT2D eigenvalue weighted by Gasteiger charge is 2.08. The molecule has 1 amide bonds. The lowest BCUT2D eigenvalue weighted by Gasteiger charge is -2.06. The molecule has 2 rings (SSSR count). The number of hydrogen-bond acceptors (Lipinski definition) is 7. The Labute approximate surface area is 142 Å². The van der Waals surface area contributed by atoms with E-state index in [1.807, 2.05) is 0 Å². The topological polar surface area (TPSA) is 139 Å². The standard InChI is InChI=1S/C15H16N4O6/c20-14(10-25-13-5-3-12(4-6-13)19(23)24)17-11-8-16-18(9-11)7-1-2-15(21)22/h3-6,8-9H,1-2,7,10H2,(H,17,20)(H,21,22)/p-1. The normalized spacial score (nSPS) is 10.2. The van der Waals surface area contributed by atoms with Crippen molar-refractivity contribution in [3.8, 4) is 5.75 Å². The van der Waals surface area contributed by atoms with Crippen LogP contribution in [-0.4, -0.2) is 33.2 Å². The van der Waals surface area contributed by atoms with Crippen LogP contribution in [0.4, 0.5) is 11.4 Å². The number of aromatic nitrogens is 2. The Hall–Kier alpha value is -3.43. The molecular weight excluding hydrogens is 332 g/mol. The number of nitrogens with one attached hydrogen (secondary N) is 1. The minimum Gasteiger partial charge on any atom is -0.550 e. The minimum atomic E-state index is -1.12. The Morgan fingerprint density at radius 1 is 1.28 bits per heavy atom. The van der Waals surface area contributed by atoms with E-state index in [9.17, 15) is 24.8 Å². The lowest BCUT2D eigenvalue weighted by Crippen LogP contribution is -2.22. The van der Waals surface area contributed by atoms with Crippen LogP contribution in [0.25, 0.3) is 0 Å². The number of carboxylic acids is 1. The van der Waals surface area contributed by atoms with Crippen LogP contribution in [0.1, 0.15) is 12.8 Å². The number of non-ortho nitro benzene ring substituents is 1. The molecule has 2 aromatic rings. The van der Waals surface area contributed by atoms with Crippen LogP contribution in [0.5, 0.6) is 5.75 Å². The van der Waals surface area contributed by atoms with Gasteiger partial charge in [-0.1, -0.05) is 0 Å². The second-order valence-electron chi connectivity index (χ2n) is 5.06. The lowest BCUT2D eigenvalue weighted by molar-refractivity contribution is -0.384. The fourth-order valence-corrected chi connectivity index (χ4v) is 1.95. The number of nitro benzene ring substituents is 1. The number of carbonyl (C=O) groups is 2. The first-order valence-corrected chi connectivity index (χ1v) is 7.33. The van der Waals surface area contributed by atoms with E-state index in [2.05, 4.69) is 10.4 Å². The highest BCUT2D eigenvalue weighted by Crippen LogP contribution is 2.17. The van der Waals surface area contributed by atoms with Gasteiger partial charge in [-0.25, -0.2) is 0 Å². The number of carbonyl (C=O) groups excluding carboxylic acids is 2. The van der Waals surface area contributed by atoms with Gasteiger partial charge in [0.2, 0.25) is 0 Å². The van der Waals surface area contributed by atoms with Crippen LogP contribution >= 0.6 is 0 Å². The van der Waals surface area contributed by atoms with E-state index in [1.54, 1.807) is 6.20 Å². The summed E-state index contributed by atoms with van der Waals surface area (Å²) in [5.41, 5.74) is 0.383. The molecule has 0 aliphatic heterocycles. The molecule has 0 saturated carbocycles. The summed E-state index contributed by atoms with van der Waals surface area (Å²) in [5, 5.41) is 27.5. The van der Waals surface area contributed by atoms with Crippen LogP contribution in [0.2, 0.25) is 0 Å². The van der Waals surface area contributed by atoms with Crippen LogP contribution in [0, 0.1) is 10.1 Å². The summed E-state index contributed by atoms with van der Waals surface area (Å²) in [5.74, 6) is -1.21. The highest BCUT2D eigenvalue weighted by molar-refractivity contribution is 5.91. The third-order valence-electron chi connectivity index (χ3n) is 3.10. The Morgan fingerprint density at radius 3 is 2.64 bits per heavy atom. The zero-order valence-corrected chi connectivity index (χ0v) is 13.1. The minimum absolute atomic E-state index is 0.0649. The van der Waals surface area contributed by atoms with Crippen molar-refractivity contribution < 1.29 is 24.4 Å². The average Bonchev–Trinajstić information content (AvgIpc) is 3.00. The Bertz CT molecular complexity index is 756. The lowest BCUT2D eigenvalue weighted by atomic mass is 10.3. The molecule has 0 spiro atoms. The summed E-state index contributed by atoms with van der Waals surface area (Å²) < 4.78 is 6.75. The van der Waals surface area contributed by atoms with Crippen LogP contribution < -0.4 is 15.2 Å². The number of ether oxygens (including phenoxy) is 1. The number of rotatable bonds is 9. The molecule has 0 saturated heterocycles. The third-order valence-corrected chi connectivity index (χ3v) is 3.10. The Kier molecular flexibility index (Phi) is 6.04. The molecule has 10 heteroatoms. The van der Waals surface area contributed by atoms with Gasteiger partial charge in [-0.05, 0) is 25.0 Å². The van der Waals surface area contributed by atoms with Crippen molar-refractivity contribution >= 4 is 23.3 Å². The predicted octanol–water partition coefficient (Wildman–Crippen LogP) is 0.339. The fourth-order valence-electron chi connectivity index (χ4n) is 1.95. The summed E-state index contributed by atoms with van der Waals surface area (Å²) >= 11 is 0. The molecule has 10 nitrogen and oxygen atoms in total. The van der Waals surface area contributed by atoms with E-state index in [4.69, 9.17) is 4.74 Å². The first-order valence-electron chi connectivity index (χ1n) is 7.33. The predicted molar refractivity (Wildman–Crippen MR) is 83.7 cm³/mol. The van der Waals surface area contributed by atoms with Crippen molar-refractivity contribution in [2.75, 3.05) is 11.9 Å². The largest absolute Gasteiger partial charge is 0.550 e. The quantitative estimate of drug-likeness (QED) is 0.509. The van der Waals surface area contributed by atoms with Crippen molar-refractivity contribution in [3.05, 3.63) is 46.8 Å². The number of aliphatic carboxylic acids is 1. The van der Waals surface area contributed by atoms with Gasteiger partial charge in [0.1, 0.15) is 5.75 Å². The van der Waals surface area contributed by atoms with Gasteiger partial charge < -0.3 is 20.0 Å². The van der Waals surface area contributed by atoms with Gasteiger partial charge in [0.25, 0.3) is 11.6 Å². The average molecular weight is 347 g/mol. The van der Waals surface area contributed by atoms with Gasteiger partial charge in [0.05, 0.1) is 16.8 Å². The number of benzene rings is 1. The molecular formula is C15H15N4O6-. The highest BCUT2D eigenvalue weighted by atomic mass is 16.6. The summed E-state index contributed by atoms with van der Waals surface area (Å²) in [7, 11) is 0. The summed E-state index contributed by atoms with van der Waals surface area (Å²) in [6.07, 6.45) is 3.31. The molecule has 1 heterocycles. The number of nitro groups is 1. The molecule has 1 N–H and O–H groups in total. The van der Waals surface area contributed by atoms with Gasteiger partial charge in [0, 0.05) is 30.8 Å². The molecule has 1 aromatic carbocycles. The first kappa shape index (κ1) is 17.9. The molecule has 0 aliphatic rings. The third kappa shape index (κ3) is 5.94. The second-order valence-corrected chi connectivity index (χ2v) is 5.06. The molecule has 0 fully saturated rings. The number of aryl methyl sites for hydroxylation is 1. The van der Waals surface area contributed by atoms with Crippen molar-refractivity contribution in [1.29, 1.82) is 0 Å². The number of nitrogens with zero attached hydrogens (tertiary/aromatic N) is 3. The van der Waals surface area contributed by atoms with Crippen molar-refractivity contribution in [2.24, 2.45) is 0 Å². The van der Waals surface area contributed by atoms with Gasteiger partial charge in [-0.15, -0.1) is 0 Å². The van der Waals surface area contributed by atoms with E-state index in [0.29, 0.717) is 24.4 Å². The maximum Gasteiger partial charge on any atom is 0.269 e. The van der Waals surface area contributed by atoms with Gasteiger partial charge in [-0.2, -0.15) is 5.10 Å². The smallest absolute Gasteiger partial charge is 0.269 e.